The molecule has 0 aliphatic rings. The number of hydrogen-bond donors (Lipinski definition) is 0. The summed E-state index contributed by atoms with van der Waals surface area (Å²) >= 11 is 1.31. The molecule has 1 aromatic rings. The lowest BCUT2D eigenvalue weighted by Crippen LogP contribution is -1.86. The molecule has 1 aromatic carbocycles. The smallest absolute Gasteiger partial charge is 0.0806 e. The Morgan fingerprint density at radius 1 is 1.23 bits per heavy atom. The standard InChI is InChI=1S/C10H14O2S/c1-3-11-12-13-8-10-6-4-9(2)5-7-10/h4-7H,3,8H2,1-2H3. The maximum absolute atomic E-state index is 4.83. The molecule has 0 aromatic heterocycles. The molecule has 0 fully saturated rings. The van der Waals surface area contributed by atoms with Crippen molar-refractivity contribution in [2.45, 2.75) is 19.6 Å². The quantitative estimate of drug-likeness (QED) is 0.313. The van der Waals surface area contributed by atoms with Gasteiger partial charge in [0.2, 0.25) is 0 Å². The molecule has 2 nitrogen and oxygen atoms in total. The lowest BCUT2D eigenvalue weighted by molar-refractivity contribution is -0.185. The Bertz CT molecular complexity index is 233. The summed E-state index contributed by atoms with van der Waals surface area (Å²) in [6, 6.07) is 8.38. The molecule has 13 heavy (non-hydrogen) atoms. The van der Waals surface area contributed by atoms with E-state index in [4.69, 9.17) is 9.22 Å². The zero-order valence-electron chi connectivity index (χ0n) is 7.95. The van der Waals surface area contributed by atoms with Gasteiger partial charge in [-0.15, -0.1) is 0 Å². The average molecular weight is 198 g/mol. The Labute approximate surface area is 83.4 Å². The van der Waals surface area contributed by atoms with Crippen LogP contribution in [0.3, 0.4) is 0 Å². The molecule has 0 saturated heterocycles. The van der Waals surface area contributed by atoms with Crippen molar-refractivity contribution in [2.24, 2.45) is 0 Å². The second kappa shape index (κ2) is 6.02. The fourth-order valence-electron chi connectivity index (χ4n) is 0.859. The maximum atomic E-state index is 4.83. The van der Waals surface area contributed by atoms with Crippen molar-refractivity contribution in [3.05, 3.63) is 35.4 Å². The van der Waals surface area contributed by atoms with Gasteiger partial charge >= 0.3 is 0 Å². The van der Waals surface area contributed by atoms with Crippen LogP contribution in [0.2, 0.25) is 0 Å². The molecule has 0 amide bonds. The van der Waals surface area contributed by atoms with Gasteiger partial charge in [-0.05, 0) is 19.4 Å². The van der Waals surface area contributed by atoms with Crippen molar-refractivity contribution in [3.63, 3.8) is 0 Å². The van der Waals surface area contributed by atoms with E-state index in [1.807, 2.05) is 6.92 Å². The van der Waals surface area contributed by atoms with E-state index in [0.717, 1.165) is 5.75 Å². The minimum atomic E-state index is 0.584. The molecule has 0 saturated carbocycles. The number of benzene rings is 1. The predicted octanol–water partition coefficient (Wildman–Crippen LogP) is 3.11. The summed E-state index contributed by atoms with van der Waals surface area (Å²) in [7, 11) is 0. The van der Waals surface area contributed by atoms with Gasteiger partial charge in [-0.3, -0.25) is 0 Å². The number of rotatable bonds is 5. The highest BCUT2D eigenvalue weighted by Crippen LogP contribution is 2.13. The Morgan fingerprint density at radius 3 is 2.54 bits per heavy atom. The van der Waals surface area contributed by atoms with Crippen LogP contribution in [0, 0.1) is 6.92 Å². The fraction of sp³-hybridized carbons (Fsp3) is 0.400. The first kappa shape index (κ1) is 10.6. The number of hydrogen-bond acceptors (Lipinski definition) is 3. The van der Waals surface area contributed by atoms with Gasteiger partial charge in [0.05, 0.1) is 6.61 Å². The molecular formula is C10H14O2S. The highest BCUT2D eigenvalue weighted by atomic mass is 32.2. The molecule has 0 bridgehead atoms. The van der Waals surface area contributed by atoms with Crippen LogP contribution in [0.25, 0.3) is 0 Å². The maximum Gasteiger partial charge on any atom is 0.0806 e. The van der Waals surface area contributed by atoms with E-state index in [9.17, 15) is 0 Å². The first-order valence-electron chi connectivity index (χ1n) is 4.29. The molecule has 72 valence electrons. The van der Waals surface area contributed by atoms with E-state index >= 15 is 0 Å². The van der Waals surface area contributed by atoms with Crippen molar-refractivity contribution in [1.29, 1.82) is 0 Å². The summed E-state index contributed by atoms with van der Waals surface area (Å²) in [5.74, 6) is 0.820. The fourth-order valence-corrected chi connectivity index (χ4v) is 1.40. The van der Waals surface area contributed by atoms with Crippen LogP contribution in [0.1, 0.15) is 18.1 Å². The van der Waals surface area contributed by atoms with E-state index in [-0.39, 0.29) is 0 Å². The van der Waals surface area contributed by atoms with Crippen molar-refractivity contribution in [1.82, 2.24) is 0 Å². The summed E-state index contributed by atoms with van der Waals surface area (Å²) in [5.41, 5.74) is 2.52. The summed E-state index contributed by atoms with van der Waals surface area (Å²) < 4.78 is 4.83. The van der Waals surface area contributed by atoms with Gasteiger partial charge in [-0.25, -0.2) is 4.89 Å². The Hall–Kier alpha value is -0.510. The molecule has 0 atom stereocenters. The molecule has 0 radical (unpaired) electrons. The summed E-state index contributed by atoms with van der Waals surface area (Å²) in [6.07, 6.45) is 0. The van der Waals surface area contributed by atoms with E-state index < -0.39 is 0 Å². The molecule has 0 heterocycles. The van der Waals surface area contributed by atoms with E-state index in [0.29, 0.717) is 6.61 Å². The minimum Gasteiger partial charge on any atom is -0.225 e. The van der Waals surface area contributed by atoms with E-state index in [2.05, 4.69) is 31.2 Å². The highest BCUT2D eigenvalue weighted by molar-refractivity contribution is 7.93. The monoisotopic (exact) mass is 198 g/mol. The van der Waals surface area contributed by atoms with Gasteiger partial charge in [0.1, 0.15) is 0 Å². The Morgan fingerprint density at radius 2 is 1.92 bits per heavy atom. The van der Waals surface area contributed by atoms with Crippen LogP contribution >= 0.6 is 12.0 Å². The third-order valence-electron chi connectivity index (χ3n) is 1.56. The van der Waals surface area contributed by atoms with Crippen molar-refractivity contribution >= 4 is 12.0 Å². The van der Waals surface area contributed by atoms with Gasteiger partial charge in [-0.1, -0.05) is 29.8 Å². The Balaban J connectivity index is 2.25. The van der Waals surface area contributed by atoms with Crippen LogP contribution < -0.4 is 0 Å². The van der Waals surface area contributed by atoms with Gasteiger partial charge in [0, 0.05) is 17.8 Å². The van der Waals surface area contributed by atoms with Crippen LogP contribution in [0.5, 0.6) is 0 Å². The first-order valence-corrected chi connectivity index (χ1v) is 5.20. The van der Waals surface area contributed by atoms with Gasteiger partial charge in [-0.2, -0.15) is 4.33 Å². The predicted molar refractivity (Wildman–Crippen MR) is 55.2 cm³/mol. The largest absolute Gasteiger partial charge is 0.225 e. The third-order valence-corrected chi connectivity index (χ3v) is 2.20. The third kappa shape index (κ3) is 4.31. The number of aryl methyl sites for hydroxylation is 1. The van der Waals surface area contributed by atoms with Gasteiger partial charge in [0.15, 0.2) is 0 Å². The summed E-state index contributed by atoms with van der Waals surface area (Å²) in [6.45, 7) is 4.56. The molecular weight excluding hydrogens is 184 g/mol. The lowest BCUT2D eigenvalue weighted by atomic mass is 10.2. The van der Waals surface area contributed by atoms with Crippen LogP contribution in [-0.4, -0.2) is 6.61 Å². The second-order valence-corrected chi connectivity index (χ2v) is 3.38. The molecule has 0 spiro atoms. The molecule has 3 heteroatoms. The van der Waals surface area contributed by atoms with Gasteiger partial charge < -0.3 is 0 Å². The first-order chi connectivity index (χ1) is 6.33. The topological polar surface area (TPSA) is 18.5 Å². The minimum absolute atomic E-state index is 0.584. The molecule has 1 rings (SSSR count). The Kier molecular flexibility index (Phi) is 4.90. The SMILES string of the molecule is CCOOSCc1ccc(C)cc1. The molecule has 0 aliphatic heterocycles. The summed E-state index contributed by atoms with van der Waals surface area (Å²) in [4.78, 5) is 4.74. The average Bonchev–Trinajstić information content (AvgIpc) is 2.15. The van der Waals surface area contributed by atoms with Gasteiger partial charge in [0.25, 0.3) is 0 Å². The summed E-state index contributed by atoms with van der Waals surface area (Å²) in [5, 5.41) is 0. The van der Waals surface area contributed by atoms with E-state index in [1.165, 1.54) is 23.2 Å². The second-order valence-electron chi connectivity index (χ2n) is 2.72. The molecule has 0 unspecified atom stereocenters. The van der Waals surface area contributed by atoms with Crippen molar-refractivity contribution < 1.29 is 9.22 Å². The van der Waals surface area contributed by atoms with Crippen LogP contribution in [0.15, 0.2) is 24.3 Å². The normalized spacial score (nSPS) is 10.3. The zero-order valence-corrected chi connectivity index (χ0v) is 8.76. The lowest BCUT2D eigenvalue weighted by Gasteiger charge is -2.00. The van der Waals surface area contributed by atoms with Crippen LogP contribution in [-0.2, 0) is 15.0 Å². The van der Waals surface area contributed by atoms with Crippen LogP contribution in [0.4, 0.5) is 0 Å². The van der Waals surface area contributed by atoms with Crippen molar-refractivity contribution in [3.8, 4) is 0 Å². The highest BCUT2D eigenvalue weighted by Gasteiger charge is 1.93. The van der Waals surface area contributed by atoms with E-state index in [1.54, 1.807) is 0 Å². The molecule has 0 N–H and O–H groups in total. The van der Waals surface area contributed by atoms with Crippen molar-refractivity contribution in [2.75, 3.05) is 6.61 Å². The molecule has 0 aliphatic carbocycles. The zero-order chi connectivity index (χ0) is 9.52.